The molecule has 2 aromatic rings. The Morgan fingerprint density at radius 3 is 2.61 bits per heavy atom. The van der Waals surface area contributed by atoms with Crippen LogP contribution in [0.3, 0.4) is 0 Å². The summed E-state index contributed by atoms with van der Waals surface area (Å²) in [6.45, 7) is 3.10. The Hall–Kier alpha value is -1.71. The first-order valence-electron chi connectivity index (χ1n) is 7.90. The lowest BCUT2D eigenvalue weighted by Gasteiger charge is -2.29. The standard InChI is InChI=1S/C19H22ClNO2/c1-22-18-6-3-14(11-19(18)23-2)7-9-21-10-8-15-4-5-17(20)12-16(15)13-21/h3-6,11-12H,7-10,13H2,1-2H3. The highest BCUT2D eigenvalue weighted by atomic mass is 35.5. The molecule has 4 heteroatoms. The molecule has 1 heterocycles. The van der Waals surface area contributed by atoms with Crippen molar-refractivity contribution in [2.45, 2.75) is 19.4 Å². The van der Waals surface area contributed by atoms with Crippen molar-refractivity contribution in [3.05, 3.63) is 58.1 Å². The van der Waals surface area contributed by atoms with E-state index in [1.54, 1.807) is 14.2 Å². The van der Waals surface area contributed by atoms with Crippen molar-refractivity contribution in [3.63, 3.8) is 0 Å². The van der Waals surface area contributed by atoms with Crippen molar-refractivity contribution >= 4 is 11.6 Å². The van der Waals surface area contributed by atoms with E-state index in [0.29, 0.717) is 0 Å². The number of benzene rings is 2. The molecule has 0 N–H and O–H groups in total. The predicted octanol–water partition coefficient (Wildman–Crippen LogP) is 3.96. The van der Waals surface area contributed by atoms with Gasteiger partial charge in [0.05, 0.1) is 14.2 Å². The summed E-state index contributed by atoms with van der Waals surface area (Å²) >= 11 is 6.11. The van der Waals surface area contributed by atoms with E-state index in [0.717, 1.165) is 49.0 Å². The minimum absolute atomic E-state index is 0.776. The summed E-state index contributed by atoms with van der Waals surface area (Å²) < 4.78 is 10.7. The Bertz CT molecular complexity index is 687. The second-order valence-electron chi connectivity index (χ2n) is 5.88. The fourth-order valence-corrected chi connectivity index (χ4v) is 3.29. The smallest absolute Gasteiger partial charge is 0.160 e. The van der Waals surface area contributed by atoms with Crippen LogP contribution in [0.25, 0.3) is 0 Å². The van der Waals surface area contributed by atoms with E-state index in [1.165, 1.54) is 16.7 Å². The van der Waals surface area contributed by atoms with E-state index in [9.17, 15) is 0 Å². The molecule has 3 rings (SSSR count). The number of methoxy groups -OCH3 is 2. The number of hydrogen-bond acceptors (Lipinski definition) is 3. The summed E-state index contributed by atoms with van der Waals surface area (Å²) in [7, 11) is 3.33. The second-order valence-corrected chi connectivity index (χ2v) is 6.31. The first-order valence-corrected chi connectivity index (χ1v) is 8.28. The Kier molecular flexibility index (Phi) is 5.09. The summed E-state index contributed by atoms with van der Waals surface area (Å²) in [5.74, 6) is 1.57. The highest BCUT2D eigenvalue weighted by molar-refractivity contribution is 6.30. The lowest BCUT2D eigenvalue weighted by atomic mass is 9.99. The molecule has 0 unspecified atom stereocenters. The third kappa shape index (κ3) is 3.80. The molecule has 1 aliphatic heterocycles. The largest absolute Gasteiger partial charge is 0.493 e. The molecule has 0 atom stereocenters. The van der Waals surface area contributed by atoms with Crippen molar-refractivity contribution in [1.82, 2.24) is 4.90 Å². The van der Waals surface area contributed by atoms with E-state index in [-0.39, 0.29) is 0 Å². The van der Waals surface area contributed by atoms with Gasteiger partial charge in [0.1, 0.15) is 0 Å². The monoisotopic (exact) mass is 331 g/mol. The van der Waals surface area contributed by atoms with Crippen molar-refractivity contribution in [2.24, 2.45) is 0 Å². The van der Waals surface area contributed by atoms with E-state index in [2.05, 4.69) is 29.2 Å². The average Bonchev–Trinajstić information content (AvgIpc) is 2.59. The van der Waals surface area contributed by atoms with Gasteiger partial charge in [-0.05, 0) is 53.8 Å². The Labute approximate surface area is 142 Å². The van der Waals surface area contributed by atoms with Crippen molar-refractivity contribution in [3.8, 4) is 11.5 Å². The van der Waals surface area contributed by atoms with Crippen molar-refractivity contribution in [2.75, 3.05) is 27.3 Å². The van der Waals surface area contributed by atoms with Gasteiger partial charge in [-0.1, -0.05) is 23.7 Å². The van der Waals surface area contributed by atoms with Crippen LogP contribution in [0.5, 0.6) is 11.5 Å². The van der Waals surface area contributed by atoms with Gasteiger partial charge in [0.15, 0.2) is 11.5 Å². The number of halogens is 1. The summed E-state index contributed by atoms with van der Waals surface area (Å²) in [4.78, 5) is 2.48. The van der Waals surface area contributed by atoms with Gasteiger partial charge in [-0.15, -0.1) is 0 Å². The van der Waals surface area contributed by atoms with E-state index in [1.807, 2.05) is 12.1 Å². The van der Waals surface area contributed by atoms with Crippen molar-refractivity contribution < 1.29 is 9.47 Å². The van der Waals surface area contributed by atoms with Gasteiger partial charge in [0.2, 0.25) is 0 Å². The van der Waals surface area contributed by atoms with Gasteiger partial charge in [0.25, 0.3) is 0 Å². The van der Waals surface area contributed by atoms with Crippen LogP contribution in [0, 0.1) is 0 Å². The van der Waals surface area contributed by atoms with Gasteiger partial charge in [-0.3, -0.25) is 4.90 Å². The molecule has 0 saturated heterocycles. The van der Waals surface area contributed by atoms with Crippen LogP contribution in [0.2, 0.25) is 5.02 Å². The number of nitrogens with zero attached hydrogens (tertiary/aromatic N) is 1. The fraction of sp³-hybridized carbons (Fsp3) is 0.368. The second kappa shape index (κ2) is 7.24. The molecule has 2 aromatic carbocycles. The molecule has 122 valence electrons. The summed E-state index contributed by atoms with van der Waals surface area (Å²) in [6, 6.07) is 12.4. The molecular formula is C19H22ClNO2. The molecule has 23 heavy (non-hydrogen) atoms. The van der Waals surface area contributed by atoms with E-state index >= 15 is 0 Å². The summed E-state index contributed by atoms with van der Waals surface area (Å²) in [6.07, 6.45) is 2.09. The third-order valence-corrected chi connectivity index (χ3v) is 4.66. The number of hydrogen-bond donors (Lipinski definition) is 0. The van der Waals surface area contributed by atoms with Crippen LogP contribution in [0.1, 0.15) is 16.7 Å². The maximum atomic E-state index is 6.11. The normalized spacial score (nSPS) is 14.4. The molecule has 0 fully saturated rings. The topological polar surface area (TPSA) is 21.7 Å². The van der Waals surface area contributed by atoms with Crippen LogP contribution in [0.15, 0.2) is 36.4 Å². The molecule has 0 saturated carbocycles. The SMILES string of the molecule is COc1ccc(CCN2CCc3ccc(Cl)cc3C2)cc1OC. The number of ether oxygens (including phenoxy) is 2. The minimum atomic E-state index is 0.776. The van der Waals surface area contributed by atoms with Gasteiger partial charge >= 0.3 is 0 Å². The first-order chi connectivity index (χ1) is 11.2. The third-order valence-electron chi connectivity index (χ3n) is 4.42. The molecule has 0 bridgehead atoms. The Morgan fingerprint density at radius 2 is 1.83 bits per heavy atom. The van der Waals surface area contributed by atoms with Crippen molar-refractivity contribution in [1.29, 1.82) is 0 Å². The number of rotatable bonds is 5. The Balaban J connectivity index is 1.63. The molecule has 0 aromatic heterocycles. The zero-order valence-corrected chi connectivity index (χ0v) is 14.4. The minimum Gasteiger partial charge on any atom is -0.493 e. The zero-order chi connectivity index (χ0) is 16.2. The van der Waals surface area contributed by atoms with Crippen LogP contribution in [0.4, 0.5) is 0 Å². The fourth-order valence-electron chi connectivity index (χ4n) is 3.10. The highest BCUT2D eigenvalue weighted by Gasteiger charge is 2.16. The lowest BCUT2D eigenvalue weighted by molar-refractivity contribution is 0.257. The summed E-state index contributed by atoms with van der Waals surface area (Å²) in [5.41, 5.74) is 4.05. The van der Waals surface area contributed by atoms with Crippen LogP contribution < -0.4 is 9.47 Å². The van der Waals surface area contributed by atoms with Gasteiger partial charge in [0, 0.05) is 24.7 Å². The number of fused-ring (bicyclic) bond motifs is 1. The summed E-state index contributed by atoms with van der Waals surface area (Å²) in [5, 5.41) is 0.825. The van der Waals surface area contributed by atoms with Crippen LogP contribution >= 0.6 is 11.6 Å². The molecule has 0 amide bonds. The van der Waals surface area contributed by atoms with Gasteiger partial charge < -0.3 is 9.47 Å². The molecule has 1 aliphatic rings. The quantitative estimate of drug-likeness (QED) is 0.827. The molecule has 3 nitrogen and oxygen atoms in total. The highest BCUT2D eigenvalue weighted by Crippen LogP contribution is 2.28. The average molecular weight is 332 g/mol. The molecule has 0 spiro atoms. The van der Waals surface area contributed by atoms with E-state index < -0.39 is 0 Å². The maximum absolute atomic E-state index is 6.11. The Morgan fingerprint density at radius 1 is 1.00 bits per heavy atom. The first kappa shape index (κ1) is 16.2. The van der Waals surface area contributed by atoms with Gasteiger partial charge in [-0.2, -0.15) is 0 Å². The van der Waals surface area contributed by atoms with Crippen LogP contribution in [-0.4, -0.2) is 32.2 Å². The molecular weight excluding hydrogens is 310 g/mol. The predicted molar refractivity (Wildman–Crippen MR) is 93.7 cm³/mol. The molecule has 0 radical (unpaired) electrons. The van der Waals surface area contributed by atoms with Crippen LogP contribution in [-0.2, 0) is 19.4 Å². The molecule has 0 aliphatic carbocycles. The lowest BCUT2D eigenvalue weighted by Crippen LogP contribution is -2.32. The van der Waals surface area contributed by atoms with Gasteiger partial charge in [-0.25, -0.2) is 0 Å². The zero-order valence-electron chi connectivity index (χ0n) is 13.6. The maximum Gasteiger partial charge on any atom is 0.160 e. The van der Waals surface area contributed by atoms with E-state index in [4.69, 9.17) is 21.1 Å².